The Morgan fingerprint density at radius 3 is 3.00 bits per heavy atom. The fourth-order valence-electron chi connectivity index (χ4n) is 2.21. The maximum Gasteiger partial charge on any atom is 0.223 e. The maximum absolute atomic E-state index is 11.9. The van der Waals surface area contributed by atoms with E-state index in [1.807, 2.05) is 6.08 Å². The number of aliphatic hydroxyl groups is 1. The fourth-order valence-corrected chi connectivity index (χ4v) is 2.40. The Kier molecular flexibility index (Phi) is 5.00. The number of halogens is 1. The summed E-state index contributed by atoms with van der Waals surface area (Å²) < 4.78 is 0. The van der Waals surface area contributed by atoms with Crippen molar-refractivity contribution in [3.05, 3.63) is 47.0 Å². The summed E-state index contributed by atoms with van der Waals surface area (Å²) in [6, 6.07) is 7.05. The van der Waals surface area contributed by atoms with Gasteiger partial charge in [-0.2, -0.15) is 0 Å². The minimum absolute atomic E-state index is 0.0189. The van der Waals surface area contributed by atoms with Crippen molar-refractivity contribution in [2.75, 3.05) is 6.54 Å². The highest BCUT2D eigenvalue weighted by Gasteiger charge is 2.19. The first-order valence-corrected chi connectivity index (χ1v) is 6.91. The van der Waals surface area contributed by atoms with Gasteiger partial charge in [-0.15, -0.1) is 0 Å². The quantitative estimate of drug-likeness (QED) is 0.833. The van der Waals surface area contributed by atoms with Crippen molar-refractivity contribution in [1.29, 1.82) is 0 Å². The third-order valence-corrected chi connectivity index (χ3v) is 3.58. The molecule has 4 heteroatoms. The summed E-state index contributed by atoms with van der Waals surface area (Å²) in [7, 11) is 0. The van der Waals surface area contributed by atoms with Crippen LogP contribution in [0.4, 0.5) is 0 Å². The summed E-state index contributed by atoms with van der Waals surface area (Å²) in [4.78, 5) is 11.9. The molecule has 0 aromatic heterocycles. The molecule has 3 nitrogen and oxygen atoms in total. The normalized spacial score (nSPS) is 20.0. The number of nitrogens with one attached hydrogen (secondary N) is 1. The van der Waals surface area contributed by atoms with Crippen LogP contribution < -0.4 is 5.32 Å². The van der Waals surface area contributed by atoms with E-state index in [1.165, 1.54) is 0 Å². The van der Waals surface area contributed by atoms with Gasteiger partial charge >= 0.3 is 0 Å². The highest BCUT2D eigenvalue weighted by atomic mass is 35.5. The van der Waals surface area contributed by atoms with Crippen LogP contribution in [0.25, 0.3) is 0 Å². The van der Waals surface area contributed by atoms with Crippen LogP contribution in [-0.4, -0.2) is 17.6 Å². The van der Waals surface area contributed by atoms with E-state index < -0.39 is 6.10 Å². The molecule has 1 aromatic rings. The molecule has 0 radical (unpaired) electrons. The molecule has 1 aromatic carbocycles. The number of aliphatic hydroxyl groups excluding tert-OH is 1. The first-order chi connectivity index (χ1) is 9.16. The van der Waals surface area contributed by atoms with Gasteiger partial charge in [-0.25, -0.2) is 0 Å². The fraction of sp³-hybridized carbons (Fsp3) is 0.400. The van der Waals surface area contributed by atoms with Crippen molar-refractivity contribution in [2.45, 2.75) is 25.4 Å². The predicted octanol–water partition coefficient (Wildman–Crippen LogP) is 2.85. The zero-order valence-electron chi connectivity index (χ0n) is 10.7. The number of hydrogen-bond acceptors (Lipinski definition) is 2. The van der Waals surface area contributed by atoms with Crippen LogP contribution in [-0.2, 0) is 4.79 Å². The van der Waals surface area contributed by atoms with E-state index in [0.29, 0.717) is 5.02 Å². The summed E-state index contributed by atoms with van der Waals surface area (Å²) in [6.07, 6.45) is 6.05. The molecule has 2 atom stereocenters. The third kappa shape index (κ3) is 4.08. The van der Waals surface area contributed by atoms with Crippen LogP contribution >= 0.6 is 11.6 Å². The Labute approximate surface area is 118 Å². The van der Waals surface area contributed by atoms with Crippen molar-refractivity contribution in [3.63, 3.8) is 0 Å². The van der Waals surface area contributed by atoms with Crippen LogP contribution in [0.2, 0.25) is 5.02 Å². The predicted molar refractivity (Wildman–Crippen MR) is 75.9 cm³/mol. The van der Waals surface area contributed by atoms with Gasteiger partial charge in [-0.1, -0.05) is 35.9 Å². The number of carbonyl (C=O) groups is 1. The smallest absolute Gasteiger partial charge is 0.223 e. The number of carbonyl (C=O) groups excluding carboxylic acids is 1. The number of amides is 1. The molecule has 0 bridgehead atoms. The summed E-state index contributed by atoms with van der Waals surface area (Å²) >= 11 is 5.87. The minimum atomic E-state index is -0.721. The average molecular weight is 280 g/mol. The van der Waals surface area contributed by atoms with Crippen molar-refractivity contribution >= 4 is 17.5 Å². The molecule has 0 fully saturated rings. The summed E-state index contributed by atoms with van der Waals surface area (Å²) in [5, 5.41) is 13.4. The second-order valence-electron chi connectivity index (χ2n) is 4.80. The molecule has 0 saturated carbocycles. The minimum Gasteiger partial charge on any atom is -0.387 e. The lowest BCUT2D eigenvalue weighted by molar-refractivity contribution is -0.125. The second-order valence-corrected chi connectivity index (χ2v) is 5.23. The highest BCUT2D eigenvalue weighted by molar-refractivity contribution is 6.30. The molecule has 0 spiro atoms. The molecule has 1 amide bonds. The van der Waals surface area contributed by atoms with Crippen LogP contribution in [0.15, 0.2) is 36.4 Å². The Hall–Kier alpha value is -1.32. The van der Waals surface area contributed by atoms with E-state index in [2.05, 4.69) is 11.4 Å². The van der Waals surface area contributed by atoms with Crippen LogP contribution in [0.5, 0.6) is 0 Å². The average Bonchev–Trinajstić information content (AvgIpc) is 2.45. The SMILES string of the molecule is O=C(NC[C@H](O)c1cccc(Cl)c1)[C@@H]1CC=CCC1. The van der Waals surface area contributed by atoms with Gasteiger partial charge in [0.25, 0.3) is 0 Å². The van der Waals surface area contributed by atoms with Gasteiger partial charge in [-0.3, -0.25) is 4.79 Å². The largest absolute Gasteiger partial charge is 0.387 e. The lowest BCUT2D eigenvalue weighted by atomic mass is 9.93. The van der Waals surface area contributed by atoms with E-state index >= 15 is 0 Å². The maximum atomic E-state index is 11.9. The molecule has 0 saturated heterocycles. The van der Waals surface area contributed by atoms with Gasteiger partial charge in [0.05, 0.1) is 6.10 Å². The monoisotopic (exact) mass is 279 g/mol. The second kappa shape index (κ2) is 6.73. The van der Waals surface area contributed by atoms with Crippen molar-refractivity contribution in [1.82, 2.24) is 5.32 Å². The summed E-state index contributed by atoms with van der Waals surface area (Å²) in [5.74, 6) is 0.0574. The van der Waals surface area contributed by atoms with E-state index in [9.17, 15) is 9.90 Å². The molecule has 2 rings (SSSR count). The molecule has 2 N–H and O–H groups in total. The number of benzene rings is 1. The Bertz CT molecular complexity index is 473. The summed E-state index contributed by atoms with van der Waals surface area (Å²) in [6.45, 7) is 0.222. The van der Waals surface area contributed by atoms with Crippen LogP contribution in [0.1, 0.15) is 30.9 Å². The van der Waals surface area contributed by atoms with Gasteiger partial charge in [0.15, 0.2) is 0 Å². The molecule has 1 aliphatic carbocycles. The van der Waals surface area contributed by atoms with Gasteiger partial charge in [0.2, 0.25) is 5.91 Å². The van der Waals surface area contributed by atoms with E-state index in [-0.39, 0.29) is 18.4 Å². The number of allylic oxidation sites excluding steroid dienone is 2. The first kappa shape index (κ1) is 14.1. The van der Waals surface area contributed by atoms with Crippen molar-refractivity contribution < 1.29 is 9.90 Å². The zero-order valence-corrected chi connectivity index (χ0v) is 11.4. The molecule has 102 valence electrons. The van der Waals surface area contributed by atoms with Gasteiger partial charge in [0, 0.05) is 17.5 Å². The van der Waals surface area contributed by atoms with Gasteiger partial charge in [-0.05, 0) is 37.0 Å². The molecule has 0 aliphatic heterocycles. The highest BCUT2D eigenvalue weighted by Crippen LogP contribution is 2.19. The van der Waals surface area contributed by atoms with Crippen molar-refractivity contribution in [2.24, 2.45) is 5.92 Å². The lowest BCUT2D eigenvalue weighted by Crippen LogP contribution is -2.34. The Morgan fingerprint density at radius 2 is 2.32 bits per heavy atom. The lowest BCUT2D eigenvalue weighted by Gasteiger charge is -2.19. The Balaban J connectivity index is 1.84. The molecule has 0 heterocycles. The molecule has 19 heavy (non-hydrogen) atoms. The van der Waals surface area contributed by atoms with Crippen LogP contribution in [0.3, 0.4) is 0 Å². The van der Waals surface area contributed by atoms with E-state index in [4.69, 9.17) is 11.6 Å². The third-order valence-electron chi connectivity index (χ3n) is 3.34. The standard InChI is InChI=1S/C15H18ClNO2/c16-13-8-4-7-12(9-13)14(18)10-17-15(19)11-5-2-1-3-6-11/h1-2,4,7-9,11,14,18H,3,5-6,10H2,(H,17,19)/t11-,14+/m1/s1. The van der Waals surface area contributed by atoms with E-state index in [0.717, 1.165) is 24.8 Å². The molecule has 0 unspecified atom stereocenters. The van der Waals surface area contributed by atoms with Crippen molar-refractivity contribution in [3.8, 4) is 0 Å². The van der Waals surface area contributed by atoms with Gasteiger partial charge in [0.1, 0.15) is 0 Å². The summed E-state index contributed by atoms with van der Waals surface area (Å²) in [5.41, 5.74) is 0.719. The first-order valence-electron chi connectivity index (χ1n) is 6.53. The zero-order chi connectivity index (χ0) is 13.7. The molecule has 1 aliphatic rings. The molecular formula is C15H18ClNO2. The Morgan fingerprint density at radius 1 is 1.47 bits per heavy atom. The number of hydrogen-bond donors (Lipinski definition) is 2. The number of rotatable bonds is 4. The van der Waals surface area contributed by atoms with E-state index in [1.54, 1.807) is 24.3 Å². The topological polar surface area (TPSA) is 49.3 Å². The van der Waals surface area contributed by atoms with Gasteiger partial charge < -0.3 is 10.4 Å². The van der Waals surface area contributed by atoms with Crippen LogP contribution in [0, 0.1) is 5.92 Å². The molecular weight excluding hydrogens is 262 g/mol.